The Kier molecular flexibility index (Phi) is 4.38. The molecule has 4 aliphatic rings. The standard InChI is InChI=1S/C22H28N4O2/c1-15-6-9-23-26(15)14-20(27)25-13-19(17-4-3-5-18(12-17)28-2)22-21(25)16-7-10-24(22)11-8-16/h3-6,9,12,16,19,21-22H,7-8,10-11,13-14H2,1-2H3/t19-,21+,22+/m0/s1. The second kappa shape index (κ2) is 6.92. The molecule has 6 nitrogen and oxygen atoms in total. The fourth-order valence-electron chi connectivity index (χ4n) is 5.65. The van der Waals surface area contributed by atoms with Crippen LogP contribution < -0.4 is 4.74 Å². The van der Waals surface area contributed by atoms with Crippen molar-refractivity contribution in [3.63, 3.8) is 0 Å². The van der Waals surface area contributed by atoms with E-state index in [0.717, 1.165) is 31.1 Å². The van der Waals surface area contributed by atoms with Crippen LogP contribution in [0.5, 0.6) is 5.75 Å². The summed E-state index contributed by atoms with van der Waals surface area (Å²) in [6, 6.07) is 11.1. The summed E-state index contributed by atoms with van der Waals surface area (Å²) >= 11 is 0. The number of aromatic nitrogens is 2. The summed E-state index contributed by atoms with van der Waals surface area (Å²) in [5, 5.41) is 4.32. The molecular weight excluding hydrogens is 352 g/mol. The Morgan fingerprint density at radius 3 is 2.75 bits per heavy atom. The molecule has 0 spiro atoms. The first-order valence-corrected chi connectivity index (χ1v) is 10.3. The van der Waals surface area contributed by atoms with Crippen LogP contribution in [0.2, 0.25) is 0 Å². The average Bonchev–Trinajstić information content (AvgIpc) is 3.34. The molecule has 0 radical (unpaired) electrons. The van der Waals surface area contributed by atoms with Crippen molar-refractivity contribution in [2.45, 2.75) is 44.3 Å². The summed E-state index contributed by atoms with van der Waals surface area (Å²) in [7, 11) is 1.71. The van der Waals surface area contributed by atoms with Gasteiger partial charge in [-0.2, -0.15) is 5.10 Å². The fourth-order valence-corrected chi connectivity index (χ4v) is 5.65. The second-order valence-electron chi connectivity index (χ2n) is 8.41. The fraction of sp³-hybridized carbons (Fsp3) is 0.545. The van der Waals surface area contributed by atoms with Crippen molar-refractivity contribution >= 4 is 5.91 Å². The number of rotatable bonds is 4. The Hall–Kier alpha value is -2.34. The number of benzene rings is 1. The number of fused-ring (bicyclic) bond motifs is 2. The molecule has 6 heteroatoms. The van der Waals surface area contributed by atoms with Crippen LogP contribution >= 0.6 is 0 Å². The summed E-state index contributed by atoms with van der Waals surface area (Å²) in [6.07, 6.45) is 4.18. The highest BCUT2D eigenvalue weighted by Gasteiger charge is 2.54. The third kappa shape index (κ3) is 2.82. The van der Waals surface area contributed by atoms with Gasteiger partial charge in [0.1, 0.15) is 12.3 Å². The Balaban J connectivity index is 1.46. The first kappa shape index (κ1) is 17.7. The summed E-state index contributed by atoms with van der Waals surface area (Å²) < 4.78 is 7.28. The minimum Gasteiger partial charge on any atom is -0.497 e. The van der Waals surface area contributed by atoms with E-state index in [9.17, 15) is 4.79 Å². The van der Waals surface area contributed by atoms with E-state index in [0.29, 0.717) is 30.5 Å². The van der Waals surface area contributed by atoms with Crippen LogP contribution in [0.3, 0.4) is 0 Å². The van der Waals surface area contributed by atoms with Crippen molar-refractivity contribution in [3.8, 4) is 5.75 Å². The molecule has 0 N–H and O–H groups in total. The molecule has 3 atom stereocenters. The molecule has 5 heterocycles. The number of hydrogen-bond acceptors (Lipinski definition) is 4. The lowest BCUT2D eigenvalue weighted by atomic mass is 9.75. The van der Waals surface area contributed by atoms with Gasteiger partial charge < -0.3 is 9.64 Å². The predicted octanol–water partition coefficient (Wildman–Crippen LogP) is 2.29. The van der Waals surface area contributed by atoms with Crippen molar-refractivity contribution in [3.05, 3.63) is 47.8 Å². The molecule has 1 aromatic carbocycles. The van der Waals surface area contributed by atoms with Gasteiger partial charge in [0, 0.05) is 30.4 Å². The molecule has 2 bridgehead atoms. The number of methoxy groups -OCH3 is 1. The number of ether oxygens (including phenoxy) is 1. The minimum atomic E-state index is 0.195. The lowest BCUT2D eigenvalue weighted by Crippen LogP contribution is -2.61. The van der Waals surface area contributed by atoms with Gasteiger partial charge in [0.15, 0.2) is 0 Å². The zero-order valence-corrected chi connectivity index (χ0v) is 16.6. The number of carbonyl (C=O) groups excluding carboxylic acids is 1. The third-order valence-corrected chi connectivity index (χ3v) is 7.05. The van der Waals surface area contributed by atoms with Crippen molar-refractivity contribution in [1.29, 1.82) is 0 Å². The molecule has 0 saturated carbocycles. The number of nitrogens with zero attached hydrogens (tertiary/aromatic N) is 4. The SMILES string of the molecule is COc1cccc([C@@H]2CN(C(=O)Cn3nccc3C)[C@@H]3C4CCN(CC4)[C@@H]32)c1. The largest absolute Gasteiger partial charge is 0.497 e. The summed E-state index contributed by atoms with van der Waals surface area (Å²) in [5.74, 6) is 2.04. The van der Waals surface area contributed by atoms with Crippen LogP contribution in [0.25, 0.3) is 0 Å². The van der Waals surface area contributed by atoms with Crippen LogP contribution in [0, 0.1) is 12.8 Å². The van der Waals surface area contributed by atoms with Gasteiger partial charge in [-0.05, 0) is 62.5 Å². The van der Waals surface area contributed by atoms with E-state index in [4.69, 9.17) is 4.74 Å². The number of aryl methyl sites for hydroxylation is 1. The summed E-state index contributed by atoms with van der Waals surface area (Å²) in [6.45, 7) is 5.44. The van der Waals surface area contributed by atoms with Gasteiger partial charge in [-0.25, -0.2) is 0 Å². The molecule has 0 aliphatic carbocycles. The molecule has 2 aromatic rings. The maximum atomic E-state index is 13.3. The molecule has 4 fully saturated rings. The van der Waals surface area contributed by atoms with E-state index >= 15 is 0 Å². The van der Waals surface area contributed by atoms with Crippen LogP contribution in [-0.4, -0.2) is 64.3 Å². The maximum absolute atomic E-state index is 13.3. The quantitative estimate of drug-likeness (QED) is 0.817. The van der Waals surface area contributed by atoms with Gasteiger partial charge in [0.25, 0.3) is 0 Å². The smallest absolute Gasteiger partial charge is 0.244 e. The van der Waals surface area contributed by atoms with Crippen LogP contribution in [0.15, 0.2) is 36.5 Å². The molecule has 148 valence electrons. The van der Waals surface area contributed by atoms with Crippen molar-refractivity contribution < 1.29 is 9.53 Å². The van der Waals surface area contributed by atoms with E-state index in [-0.39, 0.29) is 5.91 Å². The van der Waals surface area contributed by atoms with Crippen LogP contribution in [-0.2, 0) is 11.3 Å². The molecular formula is C22H28N4O2. The number of likely N-dealkylation sites (tertiary alicyclic amines) is 1. The van der Waals surface area contributed by atoms with Crippen LogP contribution in [0.4, 0.5) is 0 Å². The summed E-state index contributed by atoms with van der Waals surface area (Å²) in [4.78, 5) is 18.1. The van der Waals surface area contributed by atoms with Gasteiger partial charge in [0.2, 0.25) is 5.91 Å². The van der Waals surface area contributed by atoms with Gasteiger partial charge >= 0.3 is 0 Å². The number of carbonyl (C=O) groups is 1. The molecule has 1 amide bonds. The molecule has 0 unspecified atom stereocenters. The second-order valence-corrected chi connectivity index (χ2v) is 8.41. The number of hydrogen-bond donors (Lipinski definition) is 0. The van der Waals surface area contributed by atoms with Gasteiger partial charge in [-0.1, -0.05) is 12.1 Å². The third-order valence-electron chi connectivity index (χ3n) is 7.05. The van der Waals surface area contributed by atoms with Crippen LogP contribution in [0.1, 0.15) is 30.0 Å². The lowest BCUT2D eigenvalue weighted by Gasteiger charge is -2.51. The highest BCUT2D eigenvalue weighted by atomic mass is 16.5. The van der Waals surface area contributed by atoms with Crippen molar-refractivity contribution in [2.24, 2.45) is 5.92 Å². The Morgan fingerprint density at radius 2 is 2.04 bits per heavy atom. The number of amides is 1. The van der Waals surface area contributed by atoms with Crippen molar-refractivity contribution in [1.82, 2.24) is 19.6 Å². The number of piperidine rings is 3. The minimum absolute atomic E-state index is 0.195. The monoisotopic (exact) mass is 380 g/mol. The normalized spacial score (nSPS) is 31.1. The molecule has 4 aliphatic heterocycles. The highest BCUT2D eigenvalue weighted by molar-refractivity contribution is 5.77. The predicted molar refractivity (Wildman–Crippen MR) is 106 cm³/mol. The van der Waals surface area contributed by atoms with Gasteiger partial charge in [-0.3, -0.25) is 14.4 Å². The van der Waals surface area contributed by atoms with E-state index < -0.39 is 0 Å². The first-order chi connectivity index (χ1) is 13.7. The van der Waals surface area contributed by atoms with E-state index in [2.05, 4.69) is 33.1 Å². The average molecular weight is 380 g/mol. The Bertz CT molecular complexity index is 871. The molecule has 1 aromatic heterocycles. The zero-order valence-electron chi connectivity index (χ0n) is 16.6. The topological polar surface area (TPSA) is 50.6 Å². The highest BCUT2D eigenvalue weighted by Crippen LogP contribution is 2.46. The lowest BCUT2D eigenvalue weighted by molar-refractivity contribution is -0.136. The molecule has 4 saturated heterocycles. The van der Waals surface area contributed by atoms with Gasteiger partial charge in [-0.15, -0.1) is 0 Å². The first-order valence-electron chi connectivity index (χ1n) is 10.3. The maximum Gasteiger partial charge on any atom is 0.244 e. The molecule has 28 heavy (non-hydrogen) atoms. The Labute approximate surface area is 166 Å². The Morgan fingerprint density at radius 1 is 1.21 bits per heavy atom. The van der Waals surface area contributed by atoms with E-state index in [1.165, 1.54) is 18.4 Å². The molecule has 6 rings (SSSR count). The van der Waals surface area contributed by atoms with Crippen molar-refractivity contribution in [2.75, 3.05) is 26.7 Å². The van der Waals surface area contributed by atoms with E-state index in [1.54, 1.807) is 13.3 Å². The van der Waals surface area contributed by atoms with E-state index in [1.807, 2.05) is 23.7 Å². The van der Waals surface area contributed by atoms with Gasteiger partial charge in [0.05, 0.1) is 13.2 Å². The summed E-state index contributed by atoms with van der Waals surface area (Å²) in [5.41, 5.74) is 2.31. The zero-order chi connectivity index (χ0) is 19.3.